The zero-order valence-corrected chi connectivity index (χ0v) is 24.7. The van der Waals surface area contributed by atoms with Crippen LogP contribution in [0.3, 0.4) is 0 Å². The highest BCUT2D eigenvalue weighted by Crippen LogP contribution is 2.34. The molecule has 0 saturated carbocycles. The Bertz CT molecular complexity index is 1580. The van der Waals surface area contributed by atoms with Crippen LogP contribution in [0.4, 0.5) is 5.69 Å². The number of nitrogens with two attached hydrogens (primary N) is 1. The molecule has 0 aliphatic rings. The molecule has 10 heteroatoms. The molecule has 0 radical (unpaired) electrons. The molecule has 2 unspecified atom stereocenters. The van der Waals surface area contributed by atoms with Crippen molar-refractivity contribution in [3.63, 3.8) is 0 Å². The third-order valence-corrected chi connectivity index (χ3v) is 7.05. The number of esters is 1. The zero-order chi connectivity index (χ0) is 30.2. The van der Waals surface area contributed by atoms with Gasteiger partial charge in [0.05, 0.1) is 7.11 Å². The minimum Gasteiger partial charge on any atom is -0.481 e. The van der Waals surface area contributed by atoms with Gasteiger partial charge in [0.25, 0.3) is 0 Å². The molecular formula is C32H38N6O4. The van der Waals surface area contributed by atoms with Crippen molar-refractivity contribution in [3.05, 3.63) is 73.2 Å². The van der Waals surface area contributed by atoms with Crippen LogP contribution in [0, 0.1) is 5.92 Å². The molecule has 3 aromatic heterocycles. The van der Waals surface area contributed by atoms with Gasteiger partial charge in [-0.15, -0.1) is 0 Å². The highest BCUT2D eigenvalue weighted by atomic mass is 16.5. The molecule has 0 aliphatic heterocycles. The third kappa shape index (κ3) is 7.39. The number of hydrogen-bond acceptors (Lipinski definition) is 8. The molecule has 0 aliphatic carbocycles. The molecule has 0 bridgehead atoms. The van der Waals surface area contributed by atoms with Gasteiger partial charge < -0.3 is 25.4 Å². The molecule has 2 atom stereocenters. The molecule has 42 heavy (non-hydrogen) atoms. The van der Waals surface area contributed by atoms with Crippen LogP contribution in [0.1, 0.15) is 20.3 Å². The summed E-state index contributed by atoms with van der Waals surface area (Å²) in [5.74, 6) is -0.165. The lowest BCUT2D eigenvalue weighted by atomic mass is 10.0. The Morgan fingerprint density at radius 1 is 1.12 bits per heavy atom. The summed E-state index contributed by atoms with van der Waals surface area (Å²) < 4.78 is 12.7. The van der Waals surface area contributed by atoms with Gasteiger partial charge in [-0.05, 0) is 55.4 Å². The Kier molecular flexibility index (Phi) is 10.1. The van der Waals surface area contributed by atoms with Crippen LogP contribution in [0.25, 0.3) is 33.3 Å². The normalized spacial score (nSPS) is 12.9. The number of nitrogens with zero attached hydrogens (tertiary/aromatic N) is 4. The van der Waals surface area contributed by atoms with Crippen molar-refractivity contribution in [1.82, 2.24) is 19.4 Å². The summed E-state index contributed by atoms with van der Waals surface area (Å²) in [6.07, 6.45) is 9.46. The lowest BCUT2D eigenvalue weighted by molar-refractivity contribution is -0.150. The lowest BCUT2D eigenvalue weighted by Crippen LogP contribution is -2.38. The first-order valence-electron chi connectivity index (χ1n) is 13.8. The van der Waals surface area contributed by atoms with Crippen molar-refractivity contribution in [2.75, 3.05) is 33.1 Å². The minimum atomic E-state index is -0.698. The Morgan fingerprint density at radius 2 is 1.93 bits per heavy atom. The smallest absolute Gasteiger partial charge is 0.324 e. The van der Waals surface area contributed by atoms with Gasteiger partial charge in [-0.3, -0.25) is 14.2 Å². The van der Waals surface area contributed by atoms with E-state index in [9.17, 15) is 9.59 Å². The number of likely N-dealkylation sites (N-methyl/N-ethyl adjacent to an activating group) is 1. The van der Waals surface area contributed by atoms with Gasteiger partial charge >= 0.3 is 5.97 Å². The van der Waals surface area contributed by atoms with Gasteiger partial charge in [0.2, 0.25) is 11.8 Å². The number of methoxy groups -OCH3 is 1. The van der Waals surface area contributed by atoms with Gasteiger partial charge in [0.1, 0.15) is 11.7 Å². The maximum atomic E-state index is 12.6. The van der Waals surface area contributed by atoms with E-state index in [1.54, 1.807) is 24.1 Å². The minimum absolute atomic E-state index is 0.00838. The van der Waals surface area contributed by atoms with E-state index in [4.69, 9.17) is 20.2 Å². The molecule has 0 saturated heterocycles. The van der Waals surface area contributed by atoms with E-state index in [0.29, 0.717) is 23.8 Å². The summed E-state index contributed by atoms with van der Waals surface area (Å²) in [4.78, 5) is 36.0. The van der Waals surface area contributed by atoms with Gasteiger partial charge in [-0.2, -0.15) is 0 Å². The molecule has 1 amide bonds. The standard InChI is InChI=1S/C32H38N6O4/c1-6-21(2)30(33)32(40)42-20-38-19-27(23-12-13-34-29(17-23)41-5)26-16-24(18-35-31(26)38)22-9-7-10-25(15-22)36-28(39)11-8-14-37(3)4/h7-13,15-19,21,30H,6,14,20,33H2,1-5H3,(H,36,39)/b11-8+. The van der Waals surface area contributed by atoms with Crippen LogP contribution >= 0.6 is 0 Å². The maximum Gasteiger partial charge on any atom is 0.324 e. The molecule has 0 spiro atoms. The molecule has 3 N–H and O–H groups in total. The molecule has 1 aromatic carbocycles. The second-order valence-electron chi connectivity index (χ2n) is 10.4. The van der Waals surface area contributed by atoms with Crippen molar-refractivity contribution in [1.29, 1.82) is 0 Å². The predicted molar refractivity (Wildman–Crippen MR) is 165 cm³/mol. The third-order valence-electron chi connectivity index (χ3n) is 7.05. The van der Waals surface area contributed by atoms with Gasteiger partial charge in [-0.25, -0.2) is 9.97 Å². The van der Waals surface area contributed by atoms with E-state index in [-0.39, 0.29) is 18.6 Å². The summed E-state index contributed by atoms with van der Waals surface area (Å²) in [5, 5.41) is 3.77. The molecular weight excluding hydrogens is 532 g/mol. The fraction of sp³-hybridized carbons (Fsp3) is 0.312. The van der Waals surface area contributed by atoms with E-state index in [2.05, 4.69) is 10.3 Å². The van der Waals surface area contributed by atoms with Crippen LogP contribution in [0.2, 0.25) is 0 Å². The van der Waals surface area contributed by atoms with Crippen molar-refractivity contribution in [2.45, 2.75) is 33.0 Å². The molecule has 4 aromatic rings. The van der Waals surface area contributed by atoms with Crippen molar-refractivity contribution < 1.29 is 19.1 Å². The first-order valence-corrected chi connectivity index (χ1v) is 13.8. The number of pyridine rings is 2. The summed E-state index contributed by atoms with van der Waals surface area (Å²) >= 11 is 0. The number of rotatable bonds is 12. The highest BCUT2D eigenvalue weighted by Gasteiger charge is 2.22. The van der Waals surface area contributed by atoms with Crippen LogP contribution in [0.15, 0.2) is 73.2 Å². The zero-order valence-electron chi connectivity index (χ0n) is 24.7. The molecule has 0 fully saturated rings. The van der Waals surface area contributed by atoms with Crippen molar-refractivity contribution in [2.24, 2.45) is 11.7 Å². The van der Waals surface area contributed by atoms with Gasteiger partial charge in [0.15, 0.2) is 6.73 Å². The molecule has 3 heterocycles. The number of aromatic nitrogens is 3. The second-order valence-corrected chi connectivity index (χ2v) is 10.4. The first kappa shape index (κ1) is 30.4. The number of nitrogens with one attached hydrogen (secondary N) is 1. The lowest BCUT2D eigenvalue weighted by Gasteiger charge is -2.17. The van der Waals surface area contributed by atoms with Gasteiger partial charge in [-0.1, -0.05) is 38.5 Å². The molecule has 220 valence electrons. The Labute approximate surface area is 246 Å². The van der Waals surface area contributed by atoms with Crippen LogP contribution in [0.5, 0.6) is 5.88 Å². The monoisotopic (exact) mass is 570 g/mol. The Hall–Kier alpha value is -4.54. The Morgan fingerprint density at radius 3 is 2.67 bits per heavy atom. The number of hydrogen-bond donors (Lipinski definition) is 2. The highest BCUT2D eigenvalue weighted by molar-refractivity contribution is 6.00. The molecule has 10 nitrogen and oxygen atoms in total. The summed E-state index contributed by atoms with van der Waals surface area (Å²) in [6, 6.07) is 12.7. The number of ether oxygens (including phenoxy) is 2. The summed E-state index contributed by atoms with van der Waals surface area (Å²) in [6.45, 7) is 4.56. The van der Waals surface area contributed by atoms with Crippen LogP contribution in [-0.4, -0.2) is 65.1 Å². The second kappa shape index (κ2) is 13.9. The van der Waals surface area contributed by atoms with Crippen LogP contribution in [-0.2, 0) is 21.1 Å². The fourth-order valence-corrected chi connectivity index (χ4v) is 4.39. The van der Waals surface area contributed by atoms with E-state index in [0.717, 1.165) is 34.1 Å². The van der Waals surface area contributed by atoms with E-state index < -0.39 is 12.0 Å². The van der Waals surface area contributed by atoms with E-state index >= 15 is 0 Å². The number of carbonyl (C=O) groups excluding carboxylic acids is 2. The first-order chi connectivity index (χ1) is 20.2. The molecule has 4 rings (SSSR count). The number of benzene rings is 1. The maximum absolute atomic E-state index is 12.6. The van der Waals surface area contributed by atoms with E-state index in [1.165, 1.54) is 6.08 Å². The quantitative estimate of drug-likeness (QED) is 0.185. The SMILES string of the molecule is CCC(C)C(N)C(=O)OCn1cc(-c2ccnc(OC)c2)c2cc(-c3cccc(NC(=O)/C=C/CN(C)C)c3)cnc21. The van der Waals surface area contributed by atoms with Crippen LogP contribution < -0.4 is 15.8 Å². The Balaban J connectivity index is 1.68. The van der Waals surface area contributed by atoms with Gasteiger partial charge in [0, 0.05) is 59.5 Å². The topological polar surface area (TPSA) is 125 Å². The summed E-state index contributed by atoms with van der Waals surface area (Å²) in [5.41, 5.74) is 10.9. The fourth-order valence-electron chi connectivity index (χ4n) is 4.39. The van der Waals surface area contributed by atoms with Crippen molar-refractivity contribution in [3.8, 4) is 28.1 Å². The van der Waals surface area contributed by atoms with Crippen molar-refractivity contribution >= 4 is 28.6 Å². The largest absolute Gasteiger partial charge is 0.481 e. The average molecular weight is 571 g/mol. The number of carbonyl (C=O) groups is 2. The number of amides is 1. The predicted octanol–water partition coefficient (Wildman–Crippen LogP) is 4.70. The number of fused-ring (bicyclic) bond motifs is 1. The summed E-state index contributed by atoms with van der Waals surface area (Å²) in [7, 11) is 5.45. The number of anilines is 1. The van der Waals surface area contributed by atoms with E-state index in [1.807, 2.05) is 87.6 Å². The average Bonchev–Trinajstić information content (AvgIpc) is 3.36.